The second kappa shape index (κ2) is 5.75. The number of aromatic nitrogens is 1. The molecular formula is C15H9F4N3OS. The van der Waals surface area contributed by atoms with E-state index >= 15 is 0 Å². The Labute approximate surface area is 136 Å². The van der Waals surface area contributed by atoms with Crippen LogP contribution in [0.25, 0.3) is 10.2 Å². The van der Waals surface area contributed by atoms with Crippen LogP contribution in [0.15, 0.2) is 35.8 Å². The first-order valence-electron chi connectivity index (χ1n) is 6.56. The van der Waals surface area contributed by atoms with Crippen LogP contribution in [0.2, 0.25) is 0 Å². The van der Waals surface area contributed by atoms with Crippen LogP contribution in [0.5, 0.6) is 0 Å². The lowest BCUT2D eigenvalue weighted by Gasteiger charge is -2.12. The van der Waals surface area contributed by atoms with Gasteiger partial charge in [-0.15, -0.1) is 11.3 Å². The molecule has 0 radical (unpaired) electrons. The zero-order chi connectivity index (χ0) is 17.5. The summed E-state index contributed by atoms with van der Waals surface area (Å²) in [4.78, 5) is 16.3. The number of nitrogens with two attached hydrogens (primary N) is 1. The molecule has 4 nitrogen and oxygen atoms in total. The zero-order valence-corrected chi connectivity index (χ0v) is 12.6. The highest BCUT2D eigenvalue weighted by atomic mass is 32.1. The number of anilines is 2. The highest BCUT2D eigenvalue weighted by Gasteiger charge is 2.34. The molecule has 0 unspecified atom stereocenters. The SMILES string of the molecule is Nc1cc2scnc2cc1C(=O)Nc1ccc(F)c(C(F)(F)F)c1. The fraction of sp³-hybridized carbons (Fsp3) is 0.0667. The molecule has 1 amide bonds. The van der Waals surface area contributed by atoms with Gasteiger partial charge >= 0.3 is 6.18 Å². The molecular weight excluding hydrogens is 346 g/mol. The van der Waals surface area contributed by atoms with Gasteiger partial charge in [0.05, 0.1) is 26.9 Å². The summed E-state index contributed by atoms with van der Waals surface area (Å²) in [5.74, 6) is -2.12. The quantitative estimate of drug-likeness (QED) is 0.532. The molecule has 0 spiro atoms. The van der Waals surface area contributed by atoms with Gasteiger partial charge in [-0.05, 0) is 30.3 Å². The number of carbonyl (C=O) groups excluding carboxylic acids is 1. The van der Waals surface area contributed by atoms with Gasteiger partial charge in [0.25, 0.3) is 5.91 Å². The molecule has 0 aliphatic heterocycles. The number of carbonyl (C=O) groups is 1. The number of alkyl halides is 3. The second-order valence-electron chi connectivity index (χ2n) is 4.91. The Bertz CT molecular complexity index is 936. The van der Waals surface area contributed by atoms with Crippen LogP contribution in [0.3, 0.4) is 0 Å². The number of thiazole rings is 1. The smallest absolute Gasteiger partial charge is 0.398 e. The monoisotopic (exact) mass is 355 g/mol. The van der Waals surface area contributed by atoms with Crippen molar-refractivity contribution in [2.24, 2.45) is 0 Å². The van der Waals surface area contributed by atoms with E-state index in [1.165, 1.54) is 17.4 Å². The first kappa shape index (κ1) is 16.2. The van der Waals surface area contributed by atoms with Gasteiger partial charge in [-0.25, -0.2) is 9.37 Å². The number of nitrogen functional groups attached to an aromatic ring is 1. The third-order valence-corrected chi connectivity index (χ3v) is 4.07. The molecule has 0 aliphatic carbocycles. The third kappa shape index (κ3) is 3.02. The standard InChI is InChI=1S/C15H9F4N3OS/c16-10-2-1-7(3-9(10)15(17,18)19)22-14(23)8-4-12-13(5-11(8)20)24-6-21-12/h1-6H,20H2,(H,22,23). The molecule has 9 heteroatoms. The lowest BCUT2D eigenvalue weighted by Crippen LogP contribution is -2.15. The Kier molecular flexibility index (Phi) is 3.88. The number of halogens is 4. The van der Waals surface area contributed by atoms with E-state index in [4.69, 9.17) is 5.73 Å². The molecule has 3 rings (SSSR count). The predicted octanol–water partition coefficient (Wildman–Crippen LogP) is 4.29. The number of nitrogens with zero attached hydrogens (tertiary/aromatic N) is 1. The maximum Gasteiger partial charge on any atom is 0.419 e. The number of nitrogens with one attached hydrogen (secondary N) is 1. The van der Waals surface area contributed by atoms with E-state index < -0.39 is 23.5 Å². The molecule has 0 atom stereocenters. The number of amides is 1. The Morgan fingerprint density at radius 2 is 1.96 bits per heavy atom. The Morgan fingerprint density at radius 1 is 1.21 bits per heavy atom. The second-order valence-corrected chi connectivity index (χ2v) is 5.79. The van der Waals surface area contributed by atoms with E-state index in [0.717, 1.165) is 10.8 Å². The molecule has 1 heterocycles. The molecule has 0 saturated heterocycles. The normalized spacial score (nSPS) is 11.7. The average molecular weight is 355 g/mol. The molecule has 3 aromatic rings. The number of fused-ring (bicyclic) bond motifs is 1. The molecule has 2 aromatic carbocycles. The van der Waals surface area contributed by atoms with Crippen LogP contribution in [0, 0.1) is 5.82 Å². The maximum absolute atomic E-state index is 13.3. The van der Waals surface area contributed by atoms with E-state index in [2.05, 4.69) is 10.3 Å². The molecule has 24 heavy (non-hydrogen) atoms. The van der Waals surface area contributed by atoms with E-state index in [0.29, 0.717) is 17.6 Å². The molecule has 0 bridgehead atoms. The van der Waals surface area contributed by atoms with E-state index in [1.54, 1.807) is 11.6 Å². The van der Waals surface area contributed by atoms with Gasteiger partial charge in [0.1, 0.15) is 5.82 Å². The zero-order valence-electron chi connectivity index (χ0n) is 11.8. The number of rotatable bonds is 2. The van der Waals surface area contributed by atoms with E-state index in [-0.39, 0.29) is 16.9 Å². The van der Waals surface area contributed by atoms with Crippen LogP contribution in [-0.2, 0) is 6.18 Å². The van der Waals surface area contributed by atoms with Crippen molar-refractivity contribution >= 4 is 38.8 Å². The Balaban J connectivity index is 1.93. The summed E-state index contributed by atoms with van der Waals surface area (Å²) in [6, 6.07) is 5.23. The van der Waals surface area contributed by atoms with Gasteiger partial charge in [-0.2, -0.15) is 13.2 Å². The summed E-state index contributed by atoms with van der Waals surface area (Å²) in [6.07, 6.45) is -4.86. The first-order valence-corrected chi connectivity index (χ1v) is 7.44. The highest BCUT2D eigenvalue weighted by molar-refractivity contribution is 7.16. The summed E-state index contributed by atoms with van der Waals surface area (Å²) in [5.41, 5.74) is 6.54. The minimum Gasteiger partial charge on any atom is -0.398 e. The van der Waals surface area contributed by atoms with Crippen molar-refractivity contribution in [3.8, 4) is 0 Å². The lowest BCUT2D eigenvalue weighted by atomic mass is 10.1. The third-order valence-electron chi connectivity index (χ3n) is 3.28. The minimum atomic E-state index is -4.86. The van der Waals surface area contributed by atoms with Crippen molar-refractivity contribution in [2.45, 2.75) is 6.18 Å². The topological polar surface area (TPSA) is 68.0 Å². The van der Waals surface area contributed by atoms with Crippen molar-refractivity contribution in [1.82, 2.24) is 4.98 Å². The summed E-state index contributed by atoms with van der Waals surface area (Å²) >= 11 is 1.34. The van der Waals surface area contributed by atoms with Gasteiger partial charge in [0, 0.05) is 11.4 Å². The molecule has 0 aliphatic rings. The predicted molar refractivity (Wildman–Crippen MR) is 83.4 cm³/mol. The summed E-state index contributed by atoms with van der Waals surface area (Å²) in [5, 5.41) is 2.29. The summed E-state index contributed by atoms with van der Waals surface area (Å²) < 4.78 is 52.2. The maximum atomic E-state index is 13.3. The molecule has 124 valence electrons. The van der Waals surface area contributed by atoms with Crippen molar-refractivity contribution in [1.29, 1.82) is 0 Å². The van der Waals surface area contributed by atoms with Crippen LogP contribution in [0.4, 0.5) is 28.9 Å². The largest absolute Gasteiger partial charge is 0.419 e. The van der Waals surface area contributed by atoms with Crippen LogP contribution < -0.4 is 11.1 Å². The summed E-state index contributed by atoms with van der Waals surface area (Å²) in [7, 11) is 0. The van der Waals surface area contributed by atoms with Gasteiger partial charge in [0.2, 0.25) is 0 Å². The lowest BCUT2D eigenvalue weighted by molar-refractivity contribution is -0.139. The number of hydrogen-bond acceptors (Lipinski definition) is 4. The Hall–Kier alpha value is -2.68. The molecule has 3 N–H and O–H groups in total. The van der Waals surface area contributed by atoms with Crippen molar-refractivity contribution in [3.05, 3.63) is 52.8 Å². The van der Waals surface area contributed by atoms with Gasteiger partial charge in [-0.3, -0.25) is 4.79 Å². The van der Waals surface area contributed by atoms with Gasteiger partial charge in [-0.1, -0.05) is 0 Å². The summed E-state index contributed by atoms with van der Waals surface area (Å²) in [6.45, 7) is 0. The van der Waals surface area contributed by atoms with Crippen LogP contribution in [0.1, 0.15) is 15.9 Å². The number of benzene rings is 2. The van der Waals surface area contributed by atoms with E-state index in [9.17, 15) is 22.4 Å². The average Bonchev–Trinajstić information content (AvgIpc) is 2.94. The minimum absolute atomic E-state index is 0.0753. The van der Waals surface area contributed by atoms with Crippen LogP contribution >= 0.6 is 11.3 Å². The number of hydrogen-bond donors (Lipinski definition) is 2. The Morgan fingerprint density at radius 3 is 2.67 bits per heavy atom. The molecule has 1 aromatic heterocycles. The van der Waals surface area contributed by atoms with E-state index in [1.807, 2.05) is 0 Å². The molecule has 0 saturated carbocycles. The fourth-order valence-electron chi connectivity index (χ4n) is 2.13. The van der Waals surface area contributed by atoms with Gasteiger partial charge in [0.15, 0.2) is 0 Å². The fourth-order valence-corrected chi connectivity index (χ4v) is 2.84. The van der Waals surface area contributed by atoms with Crippen molar-refractivity contribution < 1.29 is 22.4 Å². The van der Waals surface area contributed by atoms with Crippen molar-refractivity contribution in [2.75, 3.05) is 11.1 Å². The van der Waals surface area contributed by atoms with Crippen molar-refractivity contribution in [3.63, 3.8) is 0 Å². The van der Waals surface area contributed by atoms with Crippen LogP contribution in [-0.4, -0.2) is 10.9 Å². The van der Waals surface area contributed by atoms with Gasteiger partial charge < -0.3 is 11.1 Å². The molecule has 0 fully saturated rings. The highest BCUT2D eigenvalue weighted by Crippen LogP contribution is 2.33. The first-order chi connectivity index (χ1) is 11.3.